The van der Waals surface area contributed by atoms with E-state index in [1.807, 2.05) is 32.0 Å². The van der Waals surface area contributed by atoms with Gasteiger partial charge < -0.3 is 10.2 Å². The molecule has 1 heterocycles. The number of para-hydroxylation sites is 1. The van der Waals surface area contributed by atoms with Gasteiger partial charge in [0.2, 0.25) is 11.8 Å². The van der Waals surface area contributed by atoms with Crippen molar-refractivity contribution in [2.45, 2.75) is 33.6 Å². The van der Waals surface area contributed by atoms with Gasteiger partial charge >= 0.3 is 0 Å². The largest absolute Gasteiger partial charge is 0.335 e. The van der Waals surface area contributed by atoms with Crippen LogP contribution in [0, 0.1) is 19.8 Å². The Bertz CT molecular complexity index is 572. The van der Waals surface area contributed by atoms with Crippen molar-refractivity contribution in [2.75, 3.05) is 38.5 Å². The van der Waals surface area contributed by atoms with Crippen LogP contribution in [0.25, 0.3) is 0 Å². The normalized spacial score (nSPS) is 16.0. The van der Waals surface area contributed by atoms with Crippen LogP contribution in [0.1, 0.15) is 30.9 Å². The van der Waals surface area contributed by atoms with Crippen LogP contribution >= 0.6 is 0 Å². The van der Waals surface area contributed by atoms with E-state index in [-0.39, 0.29) is 18.4 Å². The molecule has 5 nitrogen and oxygen atoms in total. The van der Waals surface area contributed by atoms with E-state index in [1.54, 1.807) is 7.05 Å². The first-order valence-electron chi connectivity index (χ1n) is 8.69. The number of nitrogens with zero attached hydrogens (tertiary/aromatic N) is 2. The molecule has 1 aromatic carbocycles. The van der Waals surface area contributed by atoms with E-state index in [2.05, 4.69) is 17.1 Å². The maximum absolute atomic E-state index is 12.3. The fourth-order valence-corrected chi connectivity index (χ4v) is 3.03. The molecule has 1 N–H and O–H groups in total. The molecule has 0 bridgehead atoms. The third-order valence-corrected chi connectivity index (χ3v) is 4.79. The molecule has 1 aromatic rings. The van der Waals surface area contributed by atoms with Crippen LogP contribution < -0.4 is 5.32 Å². The first-order chi connectivity index (χ1) is 11.4. The molecular formula is C19H29N3O2. The van der Waals surface area contributed by atoms with Gasteiger partial charge in [0, 0.05) is 12.7 Å². The third kappa shape index (κ3) is 5.06. The summed E-state index contributed by atoms with van der Waals surface area (Å²) in [5.41, 5.74) is 2.90. The number of hydrogen-bond donors (Lipinski definition) is 1. The number of rotatable bonds is 5. The van der Waals surface area contributed by atoms with Gasteiger partial charge in [0.25, 0.3) is 0 Å². The van der Waals surface area contributed by atoms with Crippen molar-refractivity contribution in [3.05, 3.63) is 29.3 Å². The zero-order valence-electron chi connectivity index (χ0n) is 15.3. The number of nitrogens with one attached hydrogen (secondary N) is 1. The van der Waals surface area contributed by atoms with Crippen molar-refractivity contribution in [1.29, 1.82) is 0 Å². The van der Waals surface area contributed by atoms with Crippen molar-refractivity contribution in [3.63, 3.8) is 0 Å². The van der Waals surface area contributed by atoms with Gasteiger partial charge in [-0.15, -0.1) is 0 Å². The smallest absolute Gasteiger partial charge is 0.243 e. The highest BCUT2D eigenvalue weighted by atomic mass is 16.2. The second-order valence-electron chi connectivity index (χ2n) is 7.02. The molecule has 2 rings (SSSR count). The highest BCUT2D eigenvalue weighted by Crippen LogP contribution is 2.19. The lowest BCUT2D eigenvalue weighted by Gasteiger charge is -2.30. The van der Waals surface area contributed by atoms with Crippen molar-refractivity contribution < 1.29 is 9.59 Å². The first-order valence-corrected chi connectivity index (χ1v) is 8.69. The summed E-state index contributed by atoms with van der Waals surface area (Å²) in [4.78, 5) is 28.3. The first kappa shape index (κ1) is 18.5. The minimum atomic E-state index is -0.157. The van der Waals surface area contributed by atoms with Crippen LogP contribution in [0.4, 0.5) is 5.69 Å². The Kier molecular flexibility index (Phi) is 6.37. The number of benzene rings is 1. The molecule has 0 radical (unpaired) electrons. The van der Waals surface area contributed by atoms with Gasteiger partial charge in [0.05, 0.1) is 13.1 Å². The van der Waals surface area contributed by atoms with Crippen molar-refractivity contribution in [2.24, 2.45) is 5.92 Å². The lowest BCUT2D eigenvalue weighted by molar-refractivity contribution is -0.134. The molecule has 5 heteroatoms. The Morgan fingerprint density at radius 3 is 2.38 bits per heavy atom. The number of anilines is 1. The molecule has 2 amide bonds. The van der Waals surface area contributed by atoms with E-state index in [0.29, 0.717) is 6.54 Å². The summed E-state index contributed by atoms with van der Waals surface area (Å²) in [5.74, 6) is 0.592. The average Bonchev–Trinajstić information content (AvgIpc) is 2.53. The second-order valence-corrected chi connectivity index (χ2v) is 7.02. The molecule has 0 spiro atoms. The monoisotopic (exact) mass is 331 g/mol. The molecular weight excluding hydrogens is 302 g/mol. The number of aryl methyl sites for hydroxylation is 2. The molecule has 1 saturated heterocycles. The highest BCUT2D eigenvalue weighted by Gasteiger charge is 2.21. The zero-order valence-corrected chi connectivity index (χ0v) is 15.3. The van der Waals surface area contributed by atoms with Gasteiger partial charge in [-0.3, -0.25) is 14.5 Å². The molecule has 132 valence electrons. The SMILES string of the molecule is Cc1cccc(C)c1NC(=O)CN(C)C(=O)CN1CCC(C)CC1. The predicted molar refractivity (Wildman–Crippen MR) is 97.0 cm³/mol. The molecule has 1 aliphatic heterocycles. The average molecular weight is 331 g/mol. The minimum absolute atomic E-state index is 0.00112. The van der Waals surface area contributed by atoms with Gasteiger partial charge in [0.1, 0.15) is 0 Å². The third-order valence-electron chi connectivity index (χ3n) is 4.79. The summed E-state index contributed by atoms with van der Waals surface area (Å²) in [6.07, 6.45) is 2.29. The summed E-state index contributed by atoms with van der Waals surface area (Å²) >= 11 is 0. The van der Waals surface area contributed by atoms with E-state index >= 15 is 0 Å². The lowest BCUT2D eigenvalue weighted by Crippen LogP contribution is -2.44. The van der Waals surface area contributed by atoms with E-state index < -0.39 is 0 Å². The fourth-order valence-electron chi connectivity index (χ4n) is 3.03. The summed E-state index contributed by atoms with van der Waals surface area (Å²) in [6, 6.07) is 5.90. The quantitative estimate of drug-likeness (QED) is 0.901. The van der Waals surface area contributed by atoms with Crippen LogP contribution in [0.5, 0.6) is 0 Å². The van der Waals surface area contributed by atoms with Crippen LogP contribution in [0.3, 0.4) is 0 Å². The molecule has 0 saturated carbocycles. The lowest BCUT2D eigenvalue weighted by atomic mass is 9.99. The van der Waals surface area contributed by atoms with Gasteiger partial charge in [0.15, 0.2) is 0 Å². The molecule has 0 aliphatic carbocycles. The maximum Gasteiger partial charge on any atom is 0.243 e. The number of amides is 2. The Morgan fingerprint density at radius 2 is 1.79 bits per heavy atom. The predicted octanol–water partition coefficient (Wildman–Crippen LogP) is 2.43. The molecule has 1 aliphatic rings. The Morgan fingerprint density at radius 1 is 1.21 bits per heavy atom. The minimum Gasteiger partial charge on any atom is -0.335 e. The van der Waals surface area contributed by atoms with E-state index in [0.717, 1.165) is 48.7 Å². The van der Waals surface area contributed by atoms with E-state index in [9.17, 15) is 9.59 Å². The molecule has 0 atom stereocenters. The number of piperidine rings is 1. The van der Waals surface area contributed by atoms with Crippen LogP contribution in [-0.4, -0.2) is 54.8 Å². The summed E-state index contributed by atoms with van der Waals surface area (Å²) in [7, 11) is 1.69. The highest BCUT2D eigenvalue weighted by molar-refractivity contribution is 5.95. The Labute approximate surface area is 145 Å². The number of likely N-dealkylation sites (tertiary alicyclic amines) is 1. The van der Waals surface area contributed by atoms with E-state index in [1.165, 1.54) is 4.90 Å². The maximum atomic E-state index is 12.3. The molecule has 1 fully saturated rings. The van der Waals surface area contributed by atoms with Crippen molar-refractivity contribution in [3.8, 4) is 0 Å². The number of carbonyl (C=O) groups is 2. The molecule has 0 unspecified atom stereocenters. The van der Waals surface area contributed by atoms with Crippen molar-refractivity contribution in [1.82, 2.24) is 9.80 Å². The van der Waals surface area contributed by atoms with Crippen LogP contribution in [0.15, 0.2) is 18.2 Å². The van der Waals surface area contributed by atoms with Gasteiger partial charge in [-0.1, -0.05) is 25.1 Å². The summed E-state index contributed by atoms with van der Waals surface area (Å²) in [5, 5.41) is 2.93. The second kappa shape index (κ2) is 8.29. The van der Waals surface area contributed by atoms with Gasteiger partial charge in [-0.05, 0) is 56.8 Å². The molecule has 24 heavy (non-hydrogen) atoms. The van der Waals surface area contributed by atoms with Crippen molar-refractivity contribution >= 4 is 17.5 Å². The zero-order chi connectivity index (χ0) is 17.7. The Balaban J connectivity index is 1.83. The van der Waals surface area contributed by atoms with Gasteiger partial charge in [-0.2, -0.15) is 0 Å². The number of hydrogen-bond acceptors (Lipinski definition) is 3. The Hall–Kier alpha value is -1.88. The van der Waals surface area contributed by atoms with Gasteiger partial charge in [-0.25, -0.2) is 0 Å². The topological polar surface area (TPSA) is 52.7 Å². The standard InChI is InChI=1S/C19H29N3O2/c1-14-8-10-22(11-9-14)13-18(24)21(4)12-17(23)20-19-15(2)6-5-7-16(19)3/h5-7,14H,8-13H2,1-4H3,(H,20,23). The number of carbonyl (C=O) groups excluding carboxylic acids is 2. The summed E-state index contributed by atoms with van der Waals surface area (Å²) in [6.45, 7) is 8.61. The van der Waals surface area contributed by atoms with Crippen LogP contribution in [0.2, 0.25) is 0 Å². The molecule has 0 aromatic heterocycles. The fraction of sp³-hybridized carbons (Fsp3) is 0.579. The number of likely N-dealkylation sites (N-methyl/N-ethyl adjacent to an activating group) is 1. The van der Waals surface area contributed by atoms with Crippen LogP contribution in [-0.2, 0) is 9.59 Å². The summed E-state index contributed by atoms with van der Waals surface area (Å²) < 4.78 is 0. The van der Waals surface area contributed by atoms with E-state index in [4.69, 9.17) is 0 Å².